The largest absolute Gasteiger partial charge is 0.377 e. The fraction of sp³-hybridized carbons (Fsp3) is 0.185. The maximum atomic E-state index is 11.7. The summed E-state index contributed by atoms with van der Waals surface area (Å²) in [6.45, 7) is 6.05. The van der Waals surface area contributed by atoms with Crippen LogP contribution in [0.4, 0.5) is 23.1 Å². The van der Waals surface area contributed by atoms with Crippen molar-refractivity contribution >= 4 is 40.0 Å². The fourth-order valence-corrected chi connectivity index (χ4v) is 4.22. The minimum absolute atomic E-state index is 0.121. The number of para-hydroxylation sites is 1. The van der Waals surface area contributed by atoms with Gasteiger partial charge in [0.05, 0.1) is 36.7 Å². The molecule has 36 heavy (non-hydrogen) atoms. The minimum atomic E-state index is -0.259. The van der Waals surface area contributed by atoms with E-state index in [9.17, 15) is 4.79 Å². The Labute approximate surface area is 209 Å². The van der Waals surface area contributed by atoms with Crippen molar-refractivity contribution in [2.24, 2.45) is 5.73 Å². The van der Waals surface area contributed by atoms with E-state index in [0.29, 0.717) is 31.4 Å². The number of amides is 1. The zero-order valence-electron chi connectivity index (χ0n) is 19.7. The number of nitrogens with zero attached hydrogens (tertiary/aromatic N) is 4. The molecule has 0 unspecified atom stereocenters. The minimum Gasteiger partial charge on any atom is -0.377 e. The molecule has 2 aromatic carbocycles. The van der Waals surface area contributed by atoms with Crippen LogP contribution in [0.1, 0.15) is 0 Å². The molecule has 5 rings (SSSR count). The smallest absolute Gasteiger partial charge is 0.247 e. The van der Waals surface area contributed by atoms with Crippen LogP contribution in [0.25, 0.3) is 22.0 Å². The fourth-order valence-electron chi connectivity index (χ4n) is 4.22. The van der Waals surface area contributed by atoms with Crippen molar-refractivity contribution in [2.45, 2.75) is 6.04 Å². The first kappa shape index (κ1) is 23.4. The molecule has 0 aliphatic carbocycles. The second kappa shape index (κ2) is 10.5. The van der Waals surface area contributed by atoms with E-state index in [1.165, 1.54) is 6.08 Å². The molecule has 1 saturated heterocycles. The van der Waals surface area contributed by atoms with Gasteiger partial charge in [0.25, 0.3) is 0 Å². The van der Waals surface area contributed by atoms with E-state index in [0.717, 1.165) is 40.1 Å². The first-order valence-electron chi connectivity index (χ1n) is 11.7. The predicted molar refractivity (Wildman–Crippen MR) is 142 cm³/mol. The lowest BCUT2D eigenvalue weighted by molar-refractivity contribution is -0.111. The SMILES string of the molecule is C=CC(=O)Nc1cccc(-c2cccc3cnc(Nc4ccc(N5CCOC[C@H]5CN)nc4)nc23)c1. The number of nitrogens with one attached hydrogen (secondary N) is 2. The summed E-state index contributed by atoms with van der Waals surface area (Å²) >= 11 is 0. The molecule has 1 aliphatic rings. The summed E-state index contributed by atoms with van der Waals surface area (Å²) < 4.78 is 5.53. The maximum absolute atomic E-state index is 11.7. The van der Waals surface area contributed by atoms with Crippen molar-refractivity contribution in [3.05, 3.63) is 79.6 Å². The summed E-state index contributed by atoms with van der Waals surface area (Å²) in [5.74, 6) is 1.07. The van der Waals surface area contributed by atoms with Crippen molar-refractivity contribution < 1.29 is 9.53 Å². The van der Waals surface area contributed by atoms with Crippen molar-refractivity contribution in [1.82, 2.24) is 15.0 Å². The predicted octanol–water partition coefficient (Wildman–Crippen LogP) is 3.72. The van der Waals surface area contributed by atoms with Gasteiger partial charge in [-0.25, -0.2) is 15.0 Å². The third kappa shape index (κ3) is 5.02. The molecule has 4 aromatic rings. The molecule has 182 valence electrons. The van der Waals surface area contributed by atoms with Crippen LogP contribution in [0.2, 0.25) is 0 Å². The van der Waals surface area contributed by atoms with Gasteiger partial charge >= 0.3 is 0 Å². The van der Waals surface area contributed by atoms with Gasteiger partial charge in [-0.05, 0) is 35.9 Å². The van der Waals surface area contributed by atoms with E-state index in [4.69, 9.17) is 15.5 Å². The molecule has 9 heteroatoms. The Bertz CT molecular complexity index is 1390. The van der Waals surface area contributed by atoms with Gasteiger partial charge in [0, 0.05) is 35.9 Å². The highest BCUT2D eigenvalue weighted by atomic mass is 16.5. The van der Waals surface area contributed by atoms with Crippen LogP contribution < -0.4 is 21.3 Å². The Kier molecular flexibility index (Phi) is 6.83. The van der Waals surface area contributed by atoms with Crippen molar-refractivity contribution in [2.75, 3.05) is 41.8 Å². The van der Waals surface area contributed by atoms with Crippen LogP contribution >= 0.6 is 0 Å². The van der Waals surface area contributed by atoms with Crippen LogP contribution in [-0.4, -0.2) is 53.2 Å². The summed E-state index contributed by atoms with van der Waals surface area (Å²) in [6, 6.07) is 17.6. The summed E-state index contributed by atoms with van der Waals surface area (Å²) in [4.78, 5) is 27.8. The van der Waals surface area contributed by atoms with Crippen LogP contribution in [0.5, 0.6) is 0 Å². The molecule has 1 fully saturated rings. The molecule has 2 aromatic heterocycles. The summed E-state index contributed by atoms with van der Waals surface area (Å²) in [7, 11) is 0. The zero-order chi connectivity index (χ0) is 24.9. The molecule has 3 heterocycles. The monoisotopic (exact) mass is 481 g/mol. The summed E-state index contributed by atoms with van der Waals surface area (Å²) in [6.07, 6.45) is 4.80. The van der Waals surface area contributed by atoms with Gasteiger partial charge in [-0.1, -0.05) is 36.9 Å². The molecular formula is C27H27N7O2. The number of carbonyl (C=O) groups excluding carboxylic acids is 1. The molecule has 1 aliphatic heterocycles. The number of benzene rings is 2. The van der Waals surface area contributed by atoms with Crippen molar-refractivity contribution in [3.63, 3.8) is 0 Å². The lowest BCUT2D eigenvalue weighted by atomic mass is 10.0. The normalized spacial score (nSPS) is 15.5. The van der Waals surface area contributed by atoms with Gasteiger partial charge in [-0.3, -0.25) is 4.79 Å². The number of fused-ring (bicyclic) bond motifs is 1. The quantitative estimate of drug-likeness (QED) is 0.342. The van der Waals surface area contributed by atoms with Crippen molar-refractivity contribution in [3.8, 4) is 11.1 Å². The topological polar surface area (TPSA) is 118 Å². The lowest BCUT2D eigenvalue weighted by Gasteiger charge is -2.35. The van der Waals surface area contributed by atoms with E-state index >= 15 is 0 Å². The standard InChI is InChI=1S/C27H27N7O2/c1-2-25(35)31-20-7-3-5-18(13-20)23-8-4-6-19-15-30-27(33-26(19)23)32-21-9-10-24(29-16-21)34-11-12-36-17-22(34)14-28/h2-10,13,15-16,22H,1,11-12,14,17,28H2,(H,31,35)(H,30,32,33)/t22-/m1/s1. The van der Waals surface area contributed by atoms with E-state index in [-0.39, 0.29) is 11.9 Å². The number of morpholine rings is 1. The number of rotatable bonds is 7. The Hall–Kier alpha value is -4.34. The molecule has 1 amide bonds. The average molecular weight is 482 g/mol. The number of anilines is 4. The van der Waals surface area contributed by atoms with Gasteiger partial charge in [0.2, 0.25) is 11.9 Å². The number of carbonyl (C=O) groups is 1. The molecule has 4 N–H and O–H groups in total. The second-order valence-corrected chi connectivity index (χ2v) is 8.40. The van der Waals surface area contributed by atoms with E-state index in [1.807, 2.05) is 54.6 Å². The molecular weight excluding hydrogens is 454 g/mol. The van der Waals surface area contributed by atoms with Gasteiger partial charge in [0.1, 0.15) is 5.82 Å². The lowest BCUT2D eigenvalue weighted by Crippen LogP contribution is -2.49. The van der Waals surface area contributed by atoms with Crippen LogP contribution in [-0.2, 0) is 9.53 Å². The molecule has 1 atom stereocenters. The van der Waals surface area contributed by atoms with E-state index < -0.39 is 0 Å². The molecule has 0 spiro atoms. The Morgan fingerprint density at radius 3 is 2.83 bits per heavy atom. The van der Waals surface area contributed by atoms with Gasteiger partial charge in [-0.2, -0.15) is 0 Å². The maximum Gasteiger partial charge on any atom is 0.247 e. The van der Waals surface area contributed by atoms with Gasteiger partial charge in [-0.15, -0.1) is 0 Å². The van der Waals surface area contributed by atoms with E-state index in [1.54, 1.807) is 12.4 Å². The van der Waals surface area contributed by atoms with Crippen LogP contribution in [0, 0.1) is 0 Å². The number of hydrogen-bond donors (Lipinski definition) is 3. The number of hydrogen-bond acceptors (Lipinski definition) is 8. The molecule has 9 nitrogen and oxygen atoms in total. The Balaban J connectivity index is 1.40. The highest BCUT2D eigenvalue weighted by Crippen LogP contribution is 2.30. The summed E-state index contributed by atoms with van der Waals surface area (Å²) in [5.41, 5.74) is 10.0. The highest BCUT2D eigenvalue weighted by Gasteiger charge is 2.22. The first-order chi connectivity index (χ1) is 17.6. The van der Waals surface area contributed by atoms with E-state index in [2.05, 4.69) is 32.1 Å². The zero-order valence-corrected chi connectivity index (χ0v) is 19.7. The molecule has 0 saturated carbocycles. The number of nitrogens with two attached hydrogens (primary N) is 1. The first-order valence-corrected chi connectivity index (χ1v) is 11.7. The molecule has 0 radical (unpaired) electrons. The highest BCUT2D eigenvalue weighted by molar-refractivity contribution is 6.00. The van der Waals surface area contributed by atoms with Crippen LogP contribution in [0.3, 0.4) is 0 Å². The number of ether oxygens (including phenoxy) is 1. The third-order valence-corrected chi connectivity index (χ3v) is 6.04. The second-order valence-electron chi connectivity index (χ2n) is 8.40. The third-order valence-electron chi connectivity index (χ3n) is 6.04. The number of aromatic nitrogens is 3. The van der Waals surface area contributed by atoms with Crippen LogP contribution in [0.15, 0.2) is 79.6 Å². The summed E-state index contributed by atoms with van der Waals surface area (Å²) in [5, 5.41) is 6.97. The Morgan fingerprint density at radius 2 is 2.03 bits per heavy atom. The van der Waals surface area contributed by atoms with Crippen molar-refractivity contribution in [1.29, 1.82) is 0 Å². The van der Waals surface area contributed by atoms with Gasteiger partial charge in [0.15, 0.2) is 0 Å². The Morgan fingerprint density at radius 1 is 1.14 bits per heavy atom. The molecule has 0 bridgehead atoms. The average Bonchev–Trinajstić information content (AvgIpc) is 2.93. The number of pyridine rings is 1. The van der Waals surface area contributed by atoms with Gasteiger partial charge < -0.3 is 26.0 Å².